The molecule has 2 rings (SSSR count). The lowest BCUT2D eigenvalue weighted by Gasteiger charge is -2.39. The van der Waals surface area contributed by atoms with E-state index < -0.39 is 0 Å². The van der Waals surface area contributed by atoms with Crippen molar-refractivity contribution < 1.29 is 18.9 Å². The van der Waals surface area contributed by atoms with Crippen LogP contribution in [0.1, 0.15) is 12.5 Å². The van der Waals surface area contributed by atoms with Crippen molar-refractivity contribution in [3.8, 4) is 0 Å². The van der Waals surface area contributed by atoms with Crippen LogP contribution in [-0.4, -0.2) is 39.3 Å². The fraction of sp³-hybridized carbons (Fsp3) is 0.600. The lowest BCUT2D eigenvalue weighted by Crippen LogP contribution is -2.50. The molecular weight excluding hydrogens is 244 g/mol. The van der Waals surface area contributed by atoms with Gasteiger partial charge in [0.1, 0.15) is 6.10 Å². The molecule has 1 aromatic rings. The third kappa shape index (κ3) is 3.54. The van der Waals surface area contributed by atoms with E-state index in [9.17, 15) is 0 Å². The number of ether oxygens (including phenoxy) is 4. The number of benzene rings is 1. The minimum absolute atomic E-state index is 0.000441. The number of hydrogen-bond donors (Lipinski definition) is 0. The molecule has 1 aliphatic heterocycles. The van der Waals surface area contributed by atoms with Gasteiger partial charge in [-0.15, -0.1) is 0 Å². The van der Waals surface area contributed by atoms with Gasteiger partial charge in [-0.3, -0.25) is 0 Å². The Morgan fingerprint density at radius 1 is 1.16 bits per heavy atom. The van der Waals surface area contributed by atoms with Crippen molar-refractivity contribution in [2.75, 3.05) is 20.8 Å². The highest BCUT2D eigenvalue weighted by atomic mass is 16.7. The van der Waals surface area contributed by atoms with Crippen molar-refractivity contribution in [1.82, 2.24) is 0 Å². The van der Waals surface area contributed by atoms with E-state index in [1.807, 2.05) is 30.3 Å². The molecule has 1 fully saturated rings. The summed E-state index contributed by atoms with van der Waals surface area (Å²) in [6, 6.07) is 10.1. The largest absolute Gasteiger partial charge is 0.378 e. The van der Waals surface area contributed by atoms with Crippen LogP contribution in [0, 0.1) is 5.92 Å². The highest BCUT2D eigenvalue weighted by Gasteiger charge is 2.38. The van der Waals surface area contributed by atoms with Gasteiger partial charge in [0.15, 0.2) is 6.29 Å². The van der Waals surface area contributed by atoms with E-state index in [0.29, 0.717) is 13.2 Å². The van der Waals surface area contributed by atoms with Gasteiger partial charge in [0.25, 0.3) is 0 Å². The fourth-order valence-corrected chi connectivity index (χ4v) is 2.45. The van der Waals surface area contributed by atoms with Crippen molar-refractivity contribution in [2.24, 2.45) is 5.92 Å². The Hall–Kier alpha value is -0.940. The summed E-state index contributed by atoms with van der Waals surface area (Å²) in [5.41, 5.74) is 1.14. The van der Waals surface area contributed by atoms with Crippen LogP contribution in [0.15, 0.2) is 30.3 Å². The Labute approximate surface area is 114 Å². The molecule has 0 amide bonds. The molecule has 4 atom stereocenters. The summed E-state index contributed by atoms with van der Waals surface area (Å²) < 4.78 is 22.4. The molecule has 1 aliphatic rings. The first kappa shape index (κ1) is 14.5. The predicted octanol–water partition coefficient (Wildman–Crippen LogP) is 2.23. The quantitative estimate of drug-likeness (QED) is 0.819. The summed E-state index contributed by atoms with van der Waals surface area (Å²) in [6.07, 6.45) is -0.285. The molecule has 1 aromatic carbocycles. The third-order valence-electron chi connectivity index (χ3n) is 3.57. The highest BCUT2D eigenvalue weighted by Crippen LogP contribution is 2.26. The summed E-state index contributed by atoms with van der Waals surface area (Å²) in [6.45, 7) is 3.11. The summed E-state index contributed by atoms with van der Waals surface area (Å²) in [7, 11) is 3.38. The Kier molecular flexibility index (Phi) is 5.34. The Morgan fingerprint density at radius 2 is 1.89 bits per heavy atom. The van der Waals surface area contributed by atoms with Gasteiger partial charge < -0.3 is 18.9 Å². The molecule has 0 saturated carbocycles. The molecule has 1 heterocycles. The van der Waals surface area contributed by atoms with E-state index >= 15 is 0 Å². The predicted molar refractivity (Wildman–Crippen MR) is 71.7 cm³/mol. The van der Waals surface area contributed by atoms with Gasteiger partial charge >= 0.3 is 0 Å². The zero-order chi connectivity index (χ0) is 13.7. The van der Waals surface area contributed by atoms with Crippen molar-refractivity contribution in [3.63, 3.8) is 0 Å². The Morgan fingerprint density at radius 3 is 2.53 bits per heavy atom. The van der Waals surface area contributed by atoms with E-state index in [-0.39, 0.29) is 24.4 Å². The first-order valence-electron chi connectivity index (χ1n) is 6.59. The van der Waals surface area contributed by atoms with Gasteiger partial charge in [0.2, 0.25) is 0 Å². The van der Waals surface area contributed by atoms with Gasteiger partial charge in [-0.1, -0.05) is 37.3 Å². The molecule has 0 radical (unpaired) electrons. The van der Waals surface area contributed by atoms with Crippen LogP contribution in [0.25, 0.3) is 0 Å². The lowest BCUT2D eigenvalue weighted by atomic mass is 9.96. The van der Waals surface area contributed by atoms with Crippen LogP contribution < -0.4 is 0 Å². The lowest BCUT2D eigenvalue weighted by molar-refractivity contribution is -0.258. The molecule has 0 unspecified atom stereocenters. The second kappa shape index (κ2) is 7.01. The van der Waals surface area contributed by atoms with Crippen molar-refractivity contribution in [2.45, 2.75) is 32.0 Å². The summed E-state index contributed by atoms with van der Waals surface area (Å²) in [5.74, 6) is 0.132. The van der Waals surface area contributed by atoms with E-state index in [1.54, 1.807) is 14.2 Å². The third-order valence-corrected chi connectivity index (χ3v) is 3.57. The number of hydrogen-bond acceptors (Lipinski definition) is 4. The second-order valence-corrected chi connectivity index (χ2v) is 4.83. The van der Waals surface area contributed by atoms with E-state index in [2.05, 4.69) is 6.92 Å². The Bertz CT molecular complexity index is 368. The summed E-state index contributed by atoms with van der Waals surface area (Å²) >= 11 is 0. The first-order valence-corrected chi connectivity index (χ1v) is 6.59. The molecule has 0 bridgehead atoms. The van der Waals surface area contributed by atoms with Gasteiger partial charge in [-0.25, -0.2) is 0 Å². The van der Waals surface area contributed by atoms with Gasteiger partial charge in [-0.2, -0.15) is 0 Å². The minimum Gasteiger partial charge on any atom is -0.378 e. The molecule has 4 nitrogen and oxygen atoms in total. The molecule has 106 valence electrons. The minimum atomic E-state index is -0.253. The molecule has 4 heteroatoms. The van der Waals surface area contributed by atoms with E-state index in [4.69, 9.17) is 18.9 Å². The van der Waals surface area contributed by atoms with Crippen LogP contribution in [0.5, 0.6) is 0 Å². The van der Waals surface area contributed by atoms with Gasteiger partial charge in [0.05, 0.1) is 19.3 Å². The van der Waals surface area contributed by atoms with E-state index in [1.165, 1.54) is 0 Å². The molecule has 19 heavy (non-hydrogen) atoms. The summed E-state index contributed by atoms with van der Waals surface area (Å²) in [4.78, 5) is 0. The summed E-state index contributed by atoms with van der Waals surface area (Å²) in [5, 5.41) is 0. The molecule has 0 aromatic heterocycles. The first-order chi connectivity index (χ1) is 9.26. The smallest absolute Gasteiger partial charge is 0.163 e. The maximum absolute atomic E-state index is 5.85. The number of rotatable bonds is 5. The maximum Gasteiger partial charge on any atom is 0.163 e. The zero-order valence-corrected chi connectivity index (χ0v) is 11.7. The van der Waals surface area contributed by atoms with Crippen LogP contribution in [0.4, 0.5) is 0 Å². The topological polar surface area (TPSA) is 36.9 Å². The van der Waals surface area contributed by atoms with Crippen LogP contribution in [0.3, 0.4) is 0 Å². The standard InChI is InChI=1S/C15H22O4/c1-11-14(17-3)13(16-2)10-19-15(11)18-9-12-7-5-4-6-8-12/h4-8,11,13-15H,9-10H2,1-3H3/t11-,13+,14-,15-/m0/s1. The SMILES string of the molecule is CO[C@H]1[C@H](C)[C@@H](OCc2ccccc2)OC[C@H]1OC. The van der Waals surface area contributed by atoms with Crippen LogP contribution in [-0.2, 0) is 25.6 Å². The average molecular weight is 266 g/mol. The van der Waals surface area contributed by atoms with Gasteiger partial charge in [0, 0.05) is 20.1 Å². The molecule has 1 saturated heterocycles. The molecule has 0 N–H and O–H groups in total. The Balaban J connectivity index is 1.90. The van der Waals surface area contributed by atoms with Crippen molar-refractivity contribution in [1.29, 1.82) is 0 Å². The highest BCUT2D eigenvalue weighted by molar-refractivity contribution is 5.13. The van der Waals surface area contributed by atoms with Gasteiger partial charge in [-0.05, 0) is 5.56 Å². The van der Waals surface area contributed by atoms with Crippen molar-refractivity contribution >= 4 is 0 Å². The maximum atomic E-state index is 5.85. The van der Waals surface area contributed by atoms with Crippen LogP contribution in [0.2, 0.25) is 0 Å². The average Bonchev–Trinajstić information content (AvgIpc) is 2.46. The molecule has 0 spiro atoms. The zero-order valence-electron chi connectivity index (χ0n) is 11.7. The van der Waals surface area contributed by atoms with E-state index in [0.717, 1.165) is 5.56 Å². The second-order valence-electron chi connectivity index (χ2n) is 4.83. The fourth-order valence-electron chi connectivity index (χ4n) is 2.45. The monoisotopic (exact) mass is 266 g/mol. The van der Waals surface area contributed by atoms with Crippen molar-refractivity contribution in [3.05, 3.63) is 35.9 Å². The molecular formula is C15H22O4. The number of methoxy groups -OCH3 is 2. The molecule has 0 aliphatic carbocycles. The normalized spacial score (nSPS) is 31.3. The van der Waals surface area contributed by atoms with Crippen LogP contribution >= 0.6 is 0 Å².